The fourth-order valence-electron chi connectivity index (χ4n) is 8.63. The van der Waals surface area contributed by atoms with Crippen LogP contribution in [0.25, 0.3) is 0 Å². The van der Waals surface area contributed by atoms with Crippen molar-refractivity contribution < 1.29 is 28.6 Å². The Morgan fingerprint density at radius 2 is 0.552 bits per heavy atom. The highest BCUT2D eigenvalue weighted by Crippen LogP contribution is 2.17. The molecule has 0 aliphatic rings. The van der Waals surface area contributed by atoms with E-state index in [1.807, 2.05) is 0 Å². The average Bonchev–Trinajstić information content (AvgIpc) is 3.33. The Balaban J connectivity index is 4.28. The Morgan fingerprint density at radius 1 is 0.299 bits per heavy atom. The zero-order chi connectivity index (χ0) is 48.6. The van der Waals surface area contributed by atoms with Gasteiger partial charge in [-0.3, -0.25) is 14.4 Å². The molecule has 0 unspecified atom stereocenters. The molecule has 0 saturated carbocycles. The minimum Gasteiger partial charge on any atom is -0.462 e. The summed E-state index contributed by atoms with van der Waals surface area (Å²) in [6.07, 6.45) is 67.1. The molecule has 0 rings (SSSR count). The molecule has 0 aromatic carbocycles. The van der Waals surface area contributed by atoms with Crippen LogP contribution in [-0.4, -0.2) is 37.2 Å². The van der Waals surface area contributed by atoms with E-state index in [0.717, 1.165) is 77.0 Å². The van der Waals surface area contributed by atoms with Gasteiger partial charge in [0, 0.05) is 19.3 Å². The van der Waals surface area contributed by atoms with Crippen molar-refractivity contribution in [2.24, 2.45) is 0 Å². The van der Waals surface area contributed by atoms with Gasteiger partial charge >= 0.3 is 17.9 Å². The monoisotopic (exact) mass is 941 g/mol. The van der Waals surface area contributed by atoms with Gasteiger partial charge in [-0.1, -0.05) is 263 Å². The zero-order valence-electron chi connectivity index (χ0n) is 44.9. The van der Waals surface area contributed by atoms with Crippen LogP contribution < -0.4 is 0 Å². The maximum absolute atomic E-state index is 12.9. The smallest absolute Gasteiger partial charge is 0.306 e. The molecule has 0 aliphatic heterocycles. The molecule has 0 N–H and O–H groups in total. The van der Waals surface area contributed by atoms with Gasteiger partial charge in [-0.15, -0.1) is 0 Å². The number of ether oxygens (including phenoxy) is 3. The fraction of sp³-hybridized carbons (Fsp3) is 0.852. The van der Waals surface area contributed by atoms with Gasteiger partial charge in [0.1, 0.15) is 13.2 Å². The summed E-state index contributed by atoms with van der Waals surface area (Å²) < 4.78 is 16.9. The van der Waals surface area contributed by atoms with E-state index in [-0.39, 0.29) is 31.1 Å². The predicted octanol–water partition coefficient (Wildman–Crippen LogP) is 19.7. The first-order valence-electron chi connectivity index (χ1n) is 29.5. The lowest BCUT2D eigenvalue weighted by atomic mass is 10.0. The summed E-state index contributed by atoms with van der Waals surface area (Å²) in [4.78, 5) is 38.1. The third-order valence-corrected chi connectivity index (χ3v) is 13.1. The molecule has 0 aromatic heterocycles. The molecule has 392 valence electrons. The van der Waals surface area contributed by atoms with E-state index in [2.05, 4.69) is 57.2 Å². The molecular formula is C61H112O6. The molecule has 0 aromatic rings. The van der Waals surface area contributed by atoms with Gasteiger partial charge in [-0.05, 0) is 70.6 Å². The lowest BCUT2D eigenvalue weighted by Crippen LogP contribution is -2.30. The topological polar surface area (TPSA) is 78.9 Å². The number of carbonyl (C=O) groups is 3. The van der Waals surface area contributed by atoms with Crippen molar-refractivity contribution in [3.63, 3.8) is 0 Å². The molecule has 6 nitrogen and oxygen atoms in total. The van der Waals surface area contributed by atoms with Crippen molar-refractivity contribution in [1.29, 1.82) is 0 Å². The van der Waals surface area contributed by atoms with Gasteiger partial charge in [0.05, 0.1) is 0 Å². The van der Waals surface area contributed by atoms with Crippen molar-refractivity contribution >= 4 is 17.9 Å². The second-order valence-corrected chi connectivity index (χ2v) is 19.9. The molecule has 0 saturated heterocycles. The van der Waals surface area contributed by atoms with Crippen molar-refractivity contribution in [3.8, 4) is 0 Å². The number of esters is 3. The first-order valence-corrected chi connectivity index (χ1v) is 29.5. The maximum atomic E-state index is 12.9. The van der Waals surface area contributed by atoms with E-state index in [9.17, 15) is 14.4 Å². The van der Waals surface area contributed by atoms with E-state index in [1.165, 1.54) is 199 Å². The SMILES string of the molecule is CCCC/C=C\CCCCCCCC(=O)OC[C@@H](COC(=O)CCCCCCCCC/C=C\C/C=C\CCCCC)OC(=O)CCCCCCCCCCCCCCCCCCCCCCC. The lowest BCUT2D eigenvalue weighted by molar-refractivity contribution is -0.167. The number of allylic oxidation sites excluding steroid dienone is 6. The second kappa shape index (κ2) is 56.2. The quantitative estimate of drug-likeness (QED) is 0.0262. The molecule has 0 aliphatic carbocycles. The Labute approximate surface area is 416 Å². The Morgan fingerprint density at radius 3 is 0.910 bits per heavy atom. The molecule has 67 heavy (non-hydrogen) atoms. The number of carbonyl (C=O) groups excluding carboxylic acids is 3. The molecule has 0 heterocycles. The zero-order valence-corrected chi connectivity index (χ0v) is 44.9. The number of hydrogen-bond donors (Lipinski definition) is 0. The maximum Gasteiger partial charge on any atom is 0.306 e. The van der Waals surface area contributed by atoms with Gasteiger partial charge in [-0.25, -0.2) is 0 Å². The van der Waals surface area contributed by atoms with Crippen LogP contribution in [0, 0.1) is 0 Å². The van der Waals surface area contributed by atoms with E-state index >= 15 is 0 Å². The van der Waals surface area contributed by atoms with Gasteiger partial charge in [0.2, 0.25) is 0 Å². The largest absolute Gasteiger partial charge is 0.462 e. The van der Waals surface area contributed by atoms with Crippen molar-refractivity contribution in [3.05, 3.63) is 36.5 Å². The molecular weight excluding hydrogens is 829 g/mol. The van der Waals surface area contributed by atoms with Crippen molar-refractivity contribution in [1.82, 2.24) is 0 Å². The van der Waals surface area contributed by atoms with Crippen LogP contribution in [0.4, 0.5) is 0 Å². The van der Waals surface area contributed by atoms with Crippen molar-refractivity contribution in [2.75, 3.05) is 13.2 Å². The highest BCUT2D eigenvalue weighted by molar-refractivity contribution is 5.71. The summed E-state index contributed by atoms with van der Waals surface area (Å²) in [6, 6.07) is 0. The highest BCUT2D eigenvalue weighted by Gasteiger charge is 2.19. The second-order valence-electron chi connectivity index (χ2n) is 19.9. The van der Waals surface area contributed by atoms with Gasteiger partial charge in [0.15, 0.2) is 6.10 Å². The molecule has 0 fully saturated rings. The number of hydrogen-bond acceptors (Lipinski definition) is 6. The van der Waals surface area contributed by atoms with Gasteiger partial charge in [0.25, 0.3) is 0 Å². The third kappa shape index (κ3) is 54.4. The van der Waals surface area contributed by atoms with E-state index in [0.29, 0.717) is 19.3 Å². The molecule has 0 radical (unpaired) electrons. The van der Waals surface area contributed by atoms with Crippen LogP contribution in [0.2, 0.25) is 0 Å². The first kappa shape index (κ1) is 64.6. The van der Waals surface area contributed by atoms with E-state index < -0.39 is 6.10 Å². The normalized spacial score (nSPS) is 12.2. The van der Waals surface area contributed by atoms with Crippen LogP contribution in [0.1, 0.15) is 316 Å². The van der Waals surface area contributed by atoms with Crippen LogP contribution in [0.5, 0.6) is 0 Å². The minimum atomic E-state index is -0.775. The van der Waals surface area contributed by atoms with Crippen molar-refractivity contribution in [2.45, 2.75) is 322 Å². The summed E-state index contributed by atoms with van der Waals surface area (Å²) in [5.74, 6) is -0.875. The van der Waals surface area contributed by atoms with Crippen LogP contribution in [0.3, 0.4) is 0 Å². The van der Waals surface area contributed by atoms with Crippen LogP contribution in [0.15, 0.2) is 36.5 Å². The fourth-order valence-corrected chi connectivity index (χ4v) is 8.63. The van der Waals surface area contributed by atoms with Crippen LogP contribution >= 0.6 is 0 Å². The molecule has 1 atom stereocenters. The number of rotatable bonds is 54. The molecule has 6 heteroatoms. The standard InChI is InChI=1S/C61H112O6/c1-4-7-10-13-16-19-22-24-26-28-29-30-31-33-35-37-40-43-46-49-52-55-61(64)67-58(56-65-59(62)53-50-47-44-41-38-21-18-15-12-9-6-3)57-66-60(63)54-51-48-45-42-39-36-34-32-27-25-23-20-17-14-11-8-5-2/h15,17-18,20,25,27,58H,4-14,16,19,21-24,26,28-57H2,1-3H3/b18-15-,20-17-,27-25-/t58-/m0/s1. The number of unbranched alkanes of at least 4 members (excludes halogenated alkanes) is 37. The summed E-state index contributed by atoms with van der Waals surface area (Å²) in [7, 11) is 0. The summed E-state index contributed by atoms with van der Waals surface area (Å²) in [5.41, 5.74) is 0. The predicted molar refractivity (Wildman–Crippen MR) is 289 cm³/mol. The molecule has 0 amide bonds. The van der Waals surface area contributed by atoms with E-state index in [4.69, 9.17) is 14.2 Å². The third-order valence-electron chi connectivity index (χ3n) is 13.1. The minimum absolute atomic E-state index is 0.0756. The molecule has 0 spiro atoms. The first-order chi connectivity index (χ1) is 33.0. The lowest BCUT2D eigenvalue weighted by Gasteiger charge is -2.18. The van der Waals surface area contributed by atoms with Gasteiger partial charge < -0.3 is 14.2 Å². The molecule has 0 bridgehead atoms. The summed E-state index contributed by atoms with van der Waals surface area (Å²) >= 11 is 0. The summed E-state index contributed by atoms with van der Waals surface area (Å²) in [6.45, 7) is 6.61. The average molecular weight is 942 g/mol. The Bertz CT molecular complexity index is 1130. The highest BCUT2D eigenvalue weighted by atomic mass is 16.6. The summed E-state index contributed by atoms with van der Waals surface area (Å²) in [5, 5.41) is 0. The van der Waals surface area contributed by atoms with Gasteiger partial charge in [-0.2, -0.15) is 0 Å². The Hall–Kier alpha value is -2.37. The van der Waals surface area contributed by atoms with E-state index in [1.54, 1.807) is 0 Å². The van der Waals surface area contributed by atoms with Crippen LogP contribution in [-0.2, 0) is 28.6 Å². The Kier molecular flexibility index (Phi) is 54.2.